The van der Waals surface area contributed by atoms with E-state index in [-0.39, 0.29) is 5.91 Å². The summed E-state index contributed by atoms with van der Waals surface area (Å²) in [6.45, 7) is 2.89. The van der Waals surface area contributed by atoms with E-state index in [9.17, 15) is 4.79 Å². The Hall–Kier alpha value is -2.08. The molecule has 1 N–H and O–H groups in total. The first kappa shape index (κ1) is 15.8. The molecule has 1 aromatic heterocycles. The second-order valence-corrected chi connectivity index (χ2v) is 6.10. The average molecular weight is 335 g/mol. The van der Waals surface area contributed by atoms with Crippen LogP contribution in [0.2, 0.25) is 5.02 Å². The Balaban J connectivity index is 1.46. The summed E-state index contributed by atoms with van der Waals surface area (Å²) in [5.41, 5.74) is 0. The zero-order valence-corrected chi connectivity index (χ0v) is 13.7. The van der Waals surface area contributed by atoms with Crippen LogP contribution < -0.4 is 10.1 Å². The molecule has 0 saturated heterocycles. The summed E-state index contributed by atoms with van der Waals surface area (Å²) in [6.07, 6.45) is 3.48. The SMILES string of the molecule is CC(Oc1cccc(Cl)c1)C(=O)NCCn1cnnc1C1CC1. The highest BCUT2D eigenvalue weighted by Gasteiger charge is 2.28. The van der Waals surface area contributed by atoms with E-state index in [2.05, 4.69) is 15.5 Å². The van der Waals surface area contributed by atoms with Crippen molar-refractivity contribution in [3.8, 4) is 5.75 Å². The number of rotatable bonds is 7. The number of hydrogen-bond donors (Lipinski definition) is 1. The van der Waals surface area contributed by atoms with Crippen molar-refractivity contribution >= 4 is 17.5 Å². The molecule has 6 nitrogen and oxygen atoms in total. The smallest absolute Gasteiger partial charge is 0.260 e. The van der Waals surface area contributed by atoms with Gasteiger partial charge >= 0.3 is 0 Å². The minimum atomic E-state index is -0.586. The number of nitrogens with one attached hydrogen (secondary N) is 1. The highest BCUT2D eigenvalue weighted by Crippen LogP contribution is 2.38. The Labute approximate surface area is 139 Å². The van der Waals surface area contributed by atoms with Crippen molar-refractivity contribution in [3.05, 3.63) is 41.4 Å². The van der Waals surface area contributed by atoms with E-state index in [1.54, 1.807) is 37.5 Å². The Bertz CT molecular complexity index is 684. The molecule has 1 unspecified atom stereocenters. The molecule has 0 radical (unpaired) electrons. The number of hydrogen-bond acceptors (Lipinski definition) is 4. The van der Waals surface area contributed by atoms with Crippen molar-refractivity contribution in [3.63, 3.8) is 0 Å². The normalized spacial score (nSPS) is 15.2. The lowest BCUT2D eigenvalue weighted by Crippen LogP contribution is -2.38. The standard InChI is InChI=1S/C16H19ClN4O2/c1-11(23-14-4-2-3-13(17)9-14)16(22)18-7-8-21-10-19-20-15(21)12-5-6-12/h2-4,9-12H,5-8H2,1H3,(H,18,22). The molecule has 3 rings (SSSR count). The molecule has 1 fully saturated rings. The van der Waals surface area contributed by atoms with E-state index >= 15 is 0 Å². The number of nitrogens with zero attached hydrogens (tertiary/aromatic N) is 3. The third kappa shape index (κ3) is 4.22. The molecule has 0 aliphatic heterocycles. The number of ether oxygens (including phenoxy) is 1. The Morgan fingerprint density at radius 2 is 2.35 bits per heavy atom. The summed E-state index contributed by atoms with van der Waals surface area (Å²) >= 11 is 5.90. The second-order valence-electron chi connectivity index (χ2n) is 5.67. The van der Waals surface area contributed by atoms with Crippen LogP contribution in [0.1, 0.15) is 31.5 Å². The summed E-state index contributed by atoms with van der Waals surface area (Å²) in [5, 5.41) is 11.5. The van der Waals surface area contributed by atoms with Crippen molar-refractivity contribution in [1.29, 1.82) is 0 Å². The van der Waals surface area contributed by atoms with E-state index in [0.717, 1.165) is 5.82 Å². The second kappa shape index (κ2) is 7.00. The molecular formula is C16H19ClN4O2. The molecule has 7 heteroatoms. The minimum Gasteiger partial charge on any atom is -0.481 e. The summed E-state index contributed by atoms with van der Waals surface area (Å²) in [6, 6.07) is 7.00. The van der Waals surface area contributed by atoms with Crippen LogP contribution in [0.5, 0.6) is 5.75 Å². The lowest BCUT2D eigenvalue weighted by Gasteiger charge is -2.15. The van der Waals surface area contributed by atoms with Crippen molar-refractivity contribution in [2.45, 2.75) is 38.3 Å². The molecule has 0 bridgehead atoms. The maximum absolute atomic E-state index is 12.1. The van der Waals surface area contributed by atoms with Gasteiger partial charge in [-0.3, -0.25) is 4.79 Å². The number of aromatic nitrogens is 3. The Kier molecular flexibility index (Phi) is 4.81. The fourth-order valence-corrected chi connectivity index (χ4v) is 2.52. The van der Waals surface area contributed by atoms with Crippen molar-refractivity contribution in [1.82, 2.24) is 20.1 Å². The largest absolute Gasteiger partial charge is 0.481 e. The van der Waals surface area contributed by atoms with Gasteiger partial charge in [-0.05, 0) is 38.0 Å². The molecule has 2 aromatic rings. The maximum Gasteiger partial charge on any atom is 0.260 e. The first-order valence-electron chi connectivity index (χ1n) is 7.71. The minimum absolute atomic E-state index is 0.161. The molecule has 1 heterocycles. The van der Waals surface area contributed by atoms with Gasteiger partial charge in [-0.2, -0.15) is 0 Å². The topological polar surface area (TPSA) is 69.0 Å². The van der Waals surface area contributed by atoms with Crippen molar-refractivity contribution in [2.24, 2.45) is 0 Å². The van der Waals surface area contributed by atoms with Gasteiger partial charge in [0.25, 0.3) is 5.91 Å². The van der Waals surface area contributed by atoms with Gasteiger partial charge in [-0.1, -0.05) is 17.7 Å². The fraction of sp³-hybridized carbons (Fsp3) is 0.438. The molecule has 1 saturated carbocycles. The predicted octanol–water partition coefficient (Wildman–Crippen LogP) is 2.39. The van der Waals surface area contributed by atoms with Crippen molar-refractivity contribution in [2.75, 3.05) is 6.54 Å². The molecule has 1 aliphatic carbocycles. The Morgan fingerprint density at radius 1 is 1.52 bits per heavy atom. The molecule has 0 spiro atoms. The van der Waals surface area contributed by atoms with Gasteiger partial charge in [0.1, 0.15) is 17.9 Å². The summed E-state index contributed by atoms with van der Waals surface area (Å²) in [7, 11) is 0. The third-order valence-electron chi connectivity index (χ3n) is 3.72. The molecular weight excluding hydrogens is 316 g/mol. The van der Waals surface area contributed by atoms with Crippen LogP contribution in [-0.4, -0.2) is 33.3 Å². The van der Waals surface area contributed by atoms with Gasteiger partial charge in [-0.25, -0.2) is 0 Å². The third-order valence-corrected chi connectivity index (χ3v) is 3.95. The van der Waals surface area contributed by atoms with Crippen molar-refractivity contribution < 1.29 is 9.53 Å². The average Bonchev–Trinajstić information content (AvgIpc) is 3.26. The molecule has 23 heavy (non-hydrogen) atoms. The number of amides is 1. The van der Waals surface area contributed by atoms with Gasteiger partial charge in [0.15, 0.2) is 6.10 Å². The fourth-order valence-electron chi connectivity index (χ4n) is 2.34. The highest BCUT2D eigenvalue weighted by molar-refractivity contribution is 6.30. The van der Waals surface area contributed by atoms with Crippen LogP contribution >= 0.6 is 11.6 Å². The maximum atomic E-state index is 12.1. The van der Waals surface area contributed by atoms with Crippen LogP contribution in [0.25, 0.3) is 0 Å². The highest BCUT2D eigenvalue weighted by atomic mass is 35.5. The summed E-state index contributed by atoms with van der Waals surface area (Å²) in [4.78, 5) is 12.1. The van der Waals surface area contributed by atoms with Crippen LogP contribution in [0.4, 0.5) is 0 Å². The van der Waals surface area contributed by atoms with Crippen LogP contribution in [0.3, 0.4) is 0 Å². The lowest BCUT2D eigenvalue weighted by molar-refractivity contribution is -0.127. The monoisotopic (exact) mass is 334 g/mol. The van der Waals surface area contributed by atoms with Gasteiger partial charge in [0.05, 0.1) is 0 Å². The zero-order valence-electron chi connectivity index (χ0n) is 12.9. The number of carbonyl (C=O) groups excluding carboxylic acids is 1. The van der Waals surface area contributed by atoms with Gasteiger partial charge in [0.2, 0.25) is 0 Å². The van der Waals surface area contributed by atoms with Crippen LogP contribution in [-0.2, 0) is 11.3 Å². The number of halogens is 1. The van der Waals surface area contributed by atoms with Gasteiger partial charge in [-0.15, -0.1) is 10.2 Å². The van der Waals surface area contributed by atoms with Gasteiger partial charge in [0, 0.05) is 24.0 Å². The first-order valence-corrected chi connectivity index (χ1v) is 8.09. The molecule has 1 aromatic carbocycles. The van der Waals surface area contributed by atoms with E-state index in [0.29, 0.717) is 29.8 Å². The van der Waals surface area contributed by atoms with E-state index < -0.39 is 6.10 Å². The first-order chi connectivity index (χ1) is 11.1. The van der Waals surface area contributed by atoms with Crippen LogP contribution in [0, 0.1) is 0 Å². The summed E-state index contributed by atoms with van der Waals surface area (Å²) in [5.74, 6) is 1.97. The lowest BCUT2D eigenvalue weighted by atomic mass is 10.3. The number of carbonyl (C=O) groups is 1. The molecule has 1 atom stereocenters. The van der Waals surface area contributed by atoms with E-state index in [1.165, 1.54) is 12.8 Å². The van der Waals surface area contributed by atoms with E-state index in [1.807, 2.05) is 4.57 Å². The zero-order chi connectivity index (χ0) is 16.2. The summed E-state index contributed by atoms with van der Waals surface area (Å²) < 4.78 is 7.59. The Morgan fingerprint density at radius 3 is 3.09 bits per heavy atom. The van der Waals surface area contributed by atoms with Crippen LogP contribution in [0.15, 0.2) is 30.6 Å². The van der Waals surface area contributed by atoms with Gasteiger partial charge < -0.3 is 14.6 Å². The van der Waals surface area contributed by atoms with E-state index in [4.69, 9.17) is 16.3 Å². The number of benzene rings is 1. The molecule has 1 amide bonds. The molecule has 122 valence electrons. The quantitative estimate of drug-likeness (QED) is 0.844. The molecule has 1 aliphatic rings. The predicted molar refractivity (Wildman–Crippen MR) is 86.5 cm³/mol.